The Balaban J connectivity index is 3.33. The van der Waals surface area contributed by atoms with Crippen molar-refractivity contribution in [1.82, 2.24) is 0 Å². The van der Waals surface area contributed by atoms with Crippen LogP contribution in [0.5, 0.6) is 0 Å². The van der Waals surface area contributed by atoms with Crippen LogP contribution >= 0.6 is 23.5 Å². The van der Waals surface area contributed by atoms with Gasteiger partial charge in [-0.1, -0.05) is 15.9 Å². The third-order valence-electron chi connectivity index (χ3n) is 1.29. The summed E-state index contributed by atoms with van der Waals surface area (Å²) in [6.45, 7) is 0. The number of nitrogen functional groups attached to an aromatic ring is 1. The van der Waals surface area contributed by atoms with Gasteiger partial charge in [0.2, 0.25) is 0 Å². The minimum atomic E-state index is -4.74. The number of anilines is 1. The first kappa shape index (κ1) is 9.74. The lowest BCUT2D eigenvalue weighted by Gasteiger charge is -2.31. The largest absolute Gasteiger partial charge is 0.807 e. The summed E-state index contributed by atoms with van der Waals surface area (Å²) in [5, 5.41) is -0.364. The Morgan fingerprint density at radius 2 is 2.00 bits per heavy atom. The van der Waals surface area contributed by atoms with E-state index in [0.29, 0.717) is 4.47 Å². The third kappa shape index (κ3) is 2.08. The molecule has 2 N–H and O–H groups in total. The SMILES string of the molecule is Nc1ccc(Br)cc1P(=O)([O-])[O-]. The Morgan fingerprint density at radius 3 is 2.42 bits per heavy atom. The fourth-order valence-electron chi connectivity index (χ4n) is 0.754. The zero-order valence-electron chi connectivity index (χ0n) is 5.86. The summed E-state index contributed by atoms with van der Waals surface area (Å²) in [5.41, 5.74) is 5.26. The summed E-state index contributed by atoms with van der Waals surface area (Å²) in [7, 11) is -4.74. The number of nitrogens with two attached hydrogens (primary N) is 1. The van der Waals surface area contributed by atoms with Crippen LogP contribution in [0.3, 0.4) is 0 Å². The average Bonchev–Trinajstić information content (AvgIpc) is 1.92. The monoisotopic (exact) mass is 249 g/mol. The van der Waals surface area contributed by atoms with Gasteiger partial charge in [0, 0.05) is 15.5 Å². The topological polar surface area (TPSA) is 89.2 Å². The van der Waals surface area contributed by atoms with E-state index in [1.807, 2.05) is 0 Å². The molecule has 6 heteroatoms. The fourth-order valence-corrected chi connectivity index (χ4v) is 1.98. The molecule has 1 rings (SSSR count). The van der Waals surface area contributed by atoms with Gasteiger partial charge in [-0.2, -0.15) is 0 Å². The molecule has 0 saturated heterocycles. The summed E-state index contributed by atoms with van der Waals surface area (Å²) in [4.78, 5) is 21.2. The molecule has 0 amide bonds. The molecular formula is C6H5BrNO3P-2. The molecule has 0 atom stereocenters. The normalized spacial score (nSPS) is 11.6. The Labute approximate surface area is 77.7 Å². The Bertz CT molecular complexity index is 349. The first-order valence-electron chi connectivity index (χ1n) is 2.99. The first-order chi connectivity index (χ1) is 5.41. The van der Waals surface area contributed by atoms with Gasteiger partial charge in [0.1, 0.15) is 0 Å². The van der Waals surface area contributed by atoms with E-state index >= 15 is 0 Å². The second-order valence-electron chi connectivity index (χ2n) is 2.20. The molecule has 0 aliphatic carbocycles. The minimum Gasteiger partial charge on any atom is -0.807 e. The molecule has 0 bridgehead atoms. The lowest BCUT2D eigenvalue weighted by Crippen LogP contribution is -2.26. The van der Waals surface area contributed by atoms with Gasteiger partial charge in [0.15, 0.2) is 0 Å². The lowest BCUT2D eigenvalue weighted by atomic mass is 10.3. The second kappa shape index (κ2) is 3.18. The summed E-state index contributed by atoms with van der Waals surface area (Å²) in [6.07, 6.45) is 0. The van der Waals surface area contributed by atoms with E-state index in [4.69, 9.17) is 5.73 Å². The van der Waals surface area contributed by atoms with Crippen molar-refractivity contribution in [2.75, 3.05) is 5.73 Å². The van der Waals surface area contributed by atoms with E-state index in [0.717, 1.165) is 0 Å². The lowest BCUT2D eigenvalue weighted by molar-refractivity contribution is -0.307. The van der Waals surface area contributed by atoms with Gasteiger partial charge >= 0.3 is 0 Å². The molecule has 0 unspecified atom stereocenters. The molecule has 1 aromatic carbocycles. The highest BCUT2D eigenvalue weighted by Crippen LogP contribution is 2.27. The van der Waals surface area contributed by atoms with Gasteiger partial charge in [-0.25, -0.2) is 0 Å². The maximum absolute atomic E-state index is 10.6. The first-order valence-corrected chi connectivity index (χ1v) is 5.32. The van der Waals surface area contributed by atoms with Gasteiger partial charge in [-0.3, -0.25) is 0 Å². The van der Waals surface area contributed by atoms with Crippen molar-refractivity contribution >= 4 is 34.5 Å². The Kier molecular flexibility index (Phi) is 2.58. The van der Waals surface area contributed by atoms with Crippen LogP contribution in [0.1, 0.15) is 0 Å². The van der Waals surface area contributed by atoms with Crippen LogP contribution in [0.15, 0.2) is 22.7 Å². The van der Waals surface area contributed by atoms with E-state index in [-0.39, 0.29) is 11.0 Å². The zero-order valence-corrected chi connectivity index (χ0v) is 8.34. The highest BCUT2D eigenvalue weighted by molar-refractivity contribution is 9.10. The Morgan fingerprint density at radius 1 is 1.42 bits per heavy atom. The molecule has 1 aromatic rings. The van der Waals surface area contributed by atoms with Gasteiger partial charge < -0.3 is 20.1 Å². The maximum atomic E-state index is 10.6. The number of hydrogen-bond donors (Lipinski definition) is 1. The molecule has 0 radical (unpaired) electrons. The van der Waals surface area contributed by atoms with Crippen molar-refractivity contribution in [2.45, 2.75) is 0 Å². The van der Waals surface area contributed by atoms with Gasteiger partial charge in [0.25, 0.3) is 0 Å². The van der Waals surface area contributed by atoms with Crippen molar-refractivity contribution in [3.8, 4) is 0 Å². The summed E-state index contributed by atoms with van der Waals surface area (Å²) in [6, 6.07) is 4.12. The van der Waals surface area contributed by atoms with Crippen LogP contribution in [0, 0.1) is 0 Å². The van der Waals surface area contributed by atoms with Crippen molar-refractivity contribution < 1.29 is 14.4 Å². The predicted molar refractivity (Wildman–Crippen MR) is 45.8 cm³/mol. The van der Waals surface area contributed by atoms with Gasteiger partial charge in [-0.05, 0) is 25.8 Å². The molecule has 66 valence electrons. The maximum Gasteiger partial charge on any atom is 0.0400 e. The van der Waals surface area contributed by atoms with E-state index in [9.17, 15) is 14.4 Å². The van der Waals surface area contributed by atoms with Crippen LogP contribution in [0.2, 0.25) is 0 Å². The molecule has 0 heterocycles. The van der Waals surface area contributed by atoms with Crippen LogP contribution < -0.4 is 20.8 Å². The van der Waals surface area contributed by atoms with E-state index in [2.05, 4.69) is 15.9 Å². The smallest absolute Gasteiger partial charge is 0.0400 e. The van der Waals surface area contributed by atoms with Crippen LogP contribution in [0.4, 0.5) is 5.69 Å². The van der Waals surface area contributed by atoms with Gasteiger partial charge in [-0.15, -0.1) is 0 Å². The second-order valence-corrected chi connectivity index (χ2v) is 4.59. The summed E-state index contributed by atoms with van der Waals surface area (Å²) >= 11 is 3.03. The third-order valence-corrected chi connectivity index (χ3v) is 2.76. The quantitative estimate of drug-likeness (QED) is 0.541. The number of halogens is 1. The summed E-state index contributed by atoms with van der Waals surface area (Å²) in [5.74, 6) is 0. The molecule has 0 spiro atoms. The molecule has 0 aliphatic rings. The average molecular weight is 250 g/mol. The molecule has 0 saturated carbocycles. The minimum absolute atomic E-state index is 0.0217. The molecular weight excluding hydrogens is 245 g/mol. The molecule has 0 fully saturated rings. The van der Waals surface area contributed by atoms with E-state index in [1.165, 1.54) is 12.1 Å². The molecule has 0 aromatic heterocycles. The van der Waals surface area contributed by atoms with Crippen molar-refractivity contribution in [3.63, 3.8) is 0 Å². The zero-order chi connectivity index (χ0) is 9.35. The molecule has 12 heavy (non-hydrogen) atoms. The van der Waals surface area contributed by atoms with Gasteiger partial charge in [0.05, 0.1) is 0 Å². The van der Waals surface area contributed by atoms with Crippen molar-refractivity contribution in [2.24, 2.45) is 0 Å². The number of rotatable bonds is 1. The van der Waals surface area contributed by atoms with Crippen molar-refractivity contribution in [3.05, 3.63) is 22.7 Å². The summed E-state index contributed by atoms with van der Waals surface area (Å²) < 4.78 is 11.1. The highest BCUT2D eigenvalue weighted by atomic mass is 79.9. The van der Waals surface area contributed by atoms with Crippen LogP contribution in [-0.4, -0.2) is 0 Å². The van der Waals surface area contributed by atoms with Crippen molar-refractivity contribution in [1.29, 1.82) is 0 Å². The highest BCUT2D eigenvalue weighted by Gasteiger charge is 2.02. The number of benzene rings is 1. The number of hydrogen-bond acceptors (Lipinski definition) is 4. The van der Waals surface area contributed by atoms with Crippen LogP contribution in [-0.2, 0) is 4.57 Å². The van der Waals surface area contributed by atoms with E-state index < -0.39 is 7.60 Å². The predicted octanol–water partition coefficient (Wildman–Crippen LogP) is -0.430. The molecule has 4 nitrogen and oxygen atoms in total. The van der Waals surface area contributed by atoms with Crippen LogP contribution in [0.25, 0.3) is 0 Å². The molecule has 0 aliphatic heterocycles. The fraction of sp³-hybridized carbons (Fsp3) is 0. The standard InChI is InChI=1S/C6H7BrNO3P/c7-4-1-2-5(8)6(3-4)12(9,10)11/h1-3H,8H2,(H2,9,10,11)/p-2. The Hall–Kier alpha value is -0.350. The van der Waals surface area contributed by atoms with E-state index in [1.54, 1.807) is 6.07 Å².